The normalized spacial score (nSPS) is 10.1. The second-order valence-electron chi connectivity index (χ2n) is 6.82. The fourth-order valence-corrected chi connectivity index (χ4v) is 3.13. The van der Waals surface area contributed by atoms with Crippen LogP contribution in [0.25, 0.3) is 21.8 Å². The van der Waals surface area contributed by atoms with Gasteiger partial charge in [-0.25, -0.2) is 15.0 Å². The molecule has 0 radical (unpaired) electrons. The van der Waals surface area contributed by atoms with Gasteiger partial charge in [-0.15, -0.1) is 6.42 Å². The molecule has 0 aliphatic carbocycles. The van der Waals surface area contributed by atoms with Crippen LogP contribution in [-0.2, 0) is 4.79 Å². The van der Waals surface area contributed by atoms with Gasteiger partial charge in [-0.3, -0.25) is 4.79 Å². The first-order valence-corrected chi connectivity index (χ1v) is 9.82. The van der Waals surface area contributed by atoms with Crippen LogP contribution in [0.4, 0.5) is 17.5 Å². The summed E-state index contributed by atoms with van der Waals surface area (Å²) < 4.78 is 0. The van der Waals surface area contributed by atoms with Gasteiger partial charge < -0.3 is 15.7 Å². The predicted molar refractivity (Wildman–Crippen MR) is 125 cm³/mol. The molecule has 2 aromatic heterocycles. The van der Waals surface area contributed by atoms with E-state index in [4.69, 9.17) is 26.3 Å². The minimum absolute atomic E-state index is 0.250. The molecule has 4 rings (SSSR count). The van der Waals surface area contributed by atoms with Crippen LogP contribution in [0.2, 0.25) is 0 Å². The van der Waals surface area contributed by atoms with Gasteiger partial charge in [0, 0.05) is 34.8 Å². The first-order valence-electron chi connectivity index (χ1n) is 9.82. The van der Waals surface area contributed by atoms with Crippen molar-refractivity contribution in [2.75, 3.05) is 17.2 Å². The van der Waals surface area contributed by atoms with Crippen molar-refractivity contribution >= 4 is 45.7 Å². The number of aryl methyl sites for hydroxylation is 1. The molecule has 7 nitrogen and oxygen atoms in total. The van der Waals surface area contributed by atoms with E-state index in [1.54, 1.807) is 0 Å². The van der Waals surface area contributed by atoms with E-state index in [-0.39, 0.29) is 6.47 Å². The maximum atomic E-state index is 8.36. The van der Waals surface area contributed by atoms with Crippen molar-refractivity contribution in [3.63, 3.8) is 0 Å². The first kappa shape index (κ1) is 21.5. The number of aromatic nitrogens is 3. The number of anilines is 3. The second kappa shape index (κ2) is 10.0. The molecular weight excluding hydrogens is 390 g/mol. The number of pyridine rings is 1. The van der Waals surface area contributed by atoms with Crippen LogP contribution in [0.1, 0.15) is 24.5 Å². The molecule has 0 fully saturated rings. The summed E-state index contributed by atoms with van der Waals surface area (Å²) in [5.74, 6) is 3.95. The summed E-state index contributed by atoms with van der Waals surface area (Å²) in [5, 5.41) is 15.5. The van der Waals surface area contributed by atoms with E-state index in [1.807, 2.05) is 30.5 Å². The monoisotopic (exact) mass is 413 g/mol. The highest BCUT2D eigenvalue weighted by Gasteiger charge is 2.12. The Morgan fingerprint density at radius 3 is 2.71 bits per heavy atom. The minimum Gasteiger partial charge on any atom is -0.483 e. The smallest absolute Gasteiger partial charge is 0.290 e. The third kappa shape index (κ3) is 5.06. The summed E-state index contributed by atoms with van der Waals surface area (Å²) in [6, 6.07) is 13.9. The molecule has 2 heterocycles. The number of carbonyl (C=O) groups is 1. The predicted octanol–water partition coefficient (Wildman–Crippen LogP) is 4.73. The van der Waals surface area contributed by atoms with E-state index >= 15 is 0 Å². The number of fused-ring (bicyclic) bond motifs is 3. The van der Waals surface area contributed by atoms with Crippen LogP contribution in [0.3, 0.4) is 0 Å². The molecule has 0 saturated heterocycles. The Hall–Kier alpha value is -4.18. The number of rotatable bonds is 5. The maximum Gasteiger partial charge on any atom is 0.290 e. The Bertz CT molecular complexity index is 1260. The highest BCUT2D eigenvalue weighted by Crippen LogP contribution is 2.30. The number of terminal acetylenes is 1. The van der Waals surface area contributed by atoms with Gasteiger partial charge in [0.2, 0.25) is 5.95 Å². The molecule has 0 unspecified atom stereocenters. The lowest BCUT2D eigenvalue weighted by Crippen LogP contribution is -2.05. The molecule has 156 valence electrons. The van der Waals surface area contributed by atoms with Crippen LogP contribution in [0.5, 0.6) is 0 Å². The highest BCUT2D eigenvalue weighted by molar-refractivity contribution is 6.08. The van der Waals surface area contributed by atoms with E-state index in [9.17, 15) is 0 Å². The van der Waals surface area contributed by atoms with Crippen molar-refractivity contribution in [3.8, 4) is 12.3 Å². The van der Waals surface area contributed by atoms with Crippen LogP contribution in [0, 0.1) is 19.3 Å². The first-order chi connectivity index (χ1) is 15.1. The third-order valence-electron chi connectivity index (χ3n) is 4.51. The van der Waals surface area contributed by atoms with E-state index in [0.717, 1.165) is 51.6 Å². The highest BCUT2D eigenvalue weighted by atomic mass is 16.3. The van der Waals surface area contributed by atoms with Crippen LogP contribution >= 0.6 is 0 Å². The van der Waals surface area contributed by atoms with Crippen LogP contribution in [0.15, 0.2) is 48.7 Å². The Labute approximate surface area is 180 Å². The molecule has 0 bridgehead atoms. The lowest BCUT2D eigenvalue weighted by molar-refractivity contribution is -0.122. The van der Waals surface area contributed by atoms with Crippen LogP contribution in [-0.4, -0.2) is 33.1 Å². The molecule has 7 heteroatoms. The van der Waals surface area contributed by atoms with Crippen molar-refractivity contribution in [1.29, 1.82) is 0 Å². The zero-order chi connectivity index (χ0) is 22.2. The molecule has 0 aliphatic rings. The van der Waals surface area contributed by atoms with E-state index < -0.39 is 0 Å². The Morgan fingerprint density at radius 2 is 1.97 bits per heavy atom. The summed E-state index contributed by atoms with van der Waals surface area (Å²) in [5.41, 5.74) is 4.52. The lowest BCUT2D eigenvalue weighted by atomic mass is 10.1. The van der Waals surface area contributed by atoms with Crippen molar-refractivity contribution in [2.24, 2.45) is 0 Å². The number of hydrogen-bond donors (Lipinski definition) is 3. The van der Waals surface area contributed by atoms with Crippen molar-refractivity contribution in [2.45, 2.75) is 20.3 Å². The van der Waals surface area contributed by atoms with Gasteiger partial charge in [-0.1, -0.05) is 31.0 Å². The number of nitrogens with one attached hydrogen (secondary N) is 2. The summed E-state index contributed by atoms with van der Waals surface area (Å²) >= 11 is 0. The largest absolute Gasteiger partial charge is 0.483 e. The van der Waals surface area contributed by atoms with Gasteiger partial charge in [0.25, 0.3) is 6.47 Å². The second-order valence-corrected chi connectivity index (χ2v) is 6.82. The number of carboxylic acid groups (broad SMARTS) is 1. The van der Waals surface area contributed by atoms with Crippen molar-refractivity contribution < 1.29 is 9.90 Å². The molecule has 0 aliphatic heterocycles. The summed E-state index contributed by atoms with van der Waals surface area (Å²) in [6.45, 7) is 4.73. The fraction of sp³-hybridized carbons (Fsp3) is 0.167. The SMILES string of the molecule is C#Cc1cccc(Nc2nc3cc(C)ccc3c3cnc(NCCC)nc23)c1.O=CO. The average molecular weight is 413 g/mol. The van der Waals surface area contributed by atoms with E-state index in [2.05, 4.69) is 53.6 Å². The standard InChI is InChI=1S/C23H21N5.CH2O2/c1-4-11-24-23-25-14-19-18-10-9-15(3)12-20(18)27-22(21(19)28-23)26-17-8-6-7-16(5-2)13-17;2-1-3/h2,6-10,12-14H,4,11H2,1,3H3,(H,26,27)(H,24,25,28);1H,(H,2,3). The fourth-order valence-electron chi connectivity index (χ4n) is 3.13. The zero-order valence-corrected chi connectivity index (χ0v) is 17.4. The number of nitrogens with zero attached hydrogens (tertiary/aromatic N) is 3. The van der Waals surface area contributed by atoms with Gasteiger partial charge in [-0.2, -0.15) is 0 Å². The topological polar surface area (TPSA) is 100 Å². The van der Waals surface area contributed by atoms with Crippen LogP contribution < -0.4 is 10.6 Å². The zero-order valence-electron chi connectivity index (χ0n) is 17.4. The molecule has 0 saturated carbocycles. The summed E-state index contributed by atoms with van der Waals surface area (Å²) in [7, 11) is 0. The van der Waals surface area contributed by atoms with E-state index in [1.165, 1.54) is 0 Å². The minimum atomic E-state index is -0.250. The Kier molecular flexibility index (Phi) is 6.97. The molecule has 31 heavy (non-hydrogen) atoms. The van der Waals surface area contributed by atoms with Crippen molar-refractivity contribution in [3.05, 3.63) is 59.8 Å². The molecule has 0 spiro atoms. The third-order valence-corrected chi connectivity index (χ3v) is 4.51. The number of benzene rings is 2. The quantitative estimate of drug-likeness (QED) is 0.247. The van der Waals surface area contributed by atoms with Crippen molar-refractivity contribution in [1.82, 2.24) is 15.0 Å². The van der Waals surface area contributed by atoms with Gasteiger partial charge >= 0.3 is 0 Å². The Balaban J connectivity index is 0.000000858. The molecular formula is C24H23N5O2. The van der Waals surface area contributed by atoms with Gasteiger partial charge in [0.1, 0.15) is 5.52 Å². The lowest BCUT2D eigenvalue weighted by Gasteiger charge is -2.13. The molecule has 4 aromatic rings. The van der Waals surface area contributed by atoms with E-state index in [0.29, 0.717) is 11.8 Å². The maximum absolute atomic E-state index is 8.36. The number of hydrogen-bond acceptors (Lipinski definition) is 6. The molecule has 0 amide bonds. The van der Waals surface area contributed by atoms with Gasteiger partial charge in [-0.05, 0) is 43.2 Å². The molecule has 2 aromatic carbocycles. The average Bonchev–Trinajstić information content (AvgIpc) is 2.78. The van der Waals surface area contributed by atoms with Gasteiger partial charge in [0.15, 0.2) is 5.82 Å². The molecule has 0 atom stereocenters. The summed E-state index contributed by atoms with van der Waals surface area (Å²) in [6.07, 6.45) is 8.40. The van der Waals surface area contributed by atoms with Gasteiger partial charge in [0.05, 0.1) is 5.52 Å². The Morgan fingerprint density at radius 1 is 1.16 bits per heavy atom. The molecule has 3 N–H and O–H groups in total. The summed E-state index contributed by atoms with van der Waals surface area (Å²) in [4.78, 5) is 22.4.